The zero-order chi connectivity index (χ0) is 6.57. The van der Waals surface area contributed by atoms with E-state index in [0.29, 0.717) is 13.0 Å². The molecule has 0 aromatic carbocycles. The summed E-state index contributed by atoms with van der Waals surface area (Å²) in [7, 11) is -2.00. The van der Waals surface area contributed by atoms with E-state index >= 15 is 0 Å². The minimum atomic E-state index is -2.00. The van der Waals surface area contributed by atoms with Crippen LogP contribution in [0.4, 0.5) is 0 Å². The van der Waals surface area contributed by atoms with E-state index in [2.05, 4.69) is 0 Å². The van der Waals surface area contributed by atoms with Gasteiger partial charge in [0.25, 0.3) is 0 Å². The van der Waals surface area contributed by atoms with E-state index < -0.39 is 8.03 Å². The summed E-state index contributed by atoms with van der Waals surface area (Å²) >= 11 is 0. The van der Waals surface area contributed by atoms with Crippen LogP contribution >= 0.6 is 8.03 Å². The first kappa shape index (κ1) is 8.02. The Kier molecular flexibility index (Phi) is 3.97. The van der Waals surface area contributed by atoms with Gasteiger partial charge < -0.3 is 5.73 Å². The molecule has 2 unspecified atom stereocenters. The minimum Gasteiger partial charge on any atom is -0.330 e. The standard InChI is InChI=1S/C4H10NO2P/c1-4(2-3-5)8(6)7/h4H,2-3,5H2,1H3/p+1. The molecule has 0 saturated heterocycles. The van der Waals surface area contributed by atoms with Gasteiger partial charge >= 0.3 is 8.03 Å². The predicted molar refractivity (Wildman–Crippen MR) is 33.0 cm³/mol. The maximum atomic E-state index is 10.2. The van der Waals surface area contributed by atoms with Crippen LogP contribution in [0.15, 0.2) is 0 Å². The van der Waals surface area contributed by atoms with Gasteiger partial charge in [0.05, 0.1) is 0 Å². The molecular weight excluding hydrogens is 125 g/mol. The fourth-order valence-electron chi connectivity index (χ4n) is 0.352. The molecule has 4 heteroatoms. The first-order valence-electron chi connectivity index (χ1n) is 2.53. The van der Waals surface area contributed by atoms with Crippen molar-refractivity contribution in [2.24, 2.45) is 5.73 Å². The van der Waals surface area contributed by atoms with Crippen LogP contribution in [0.2, 0.25) is 0 Å². The van der Waals surface area contributed by atoms with Crippen LogP contribution < -0.4 is 5.73 Å². The summed E-state index contributed by atoms with van der Waals surface area (Å²) in [5, 5.41) is 0. The quantitative estimate of drug-likeness (QED) is 0.554. The summed E-state index contributed by atoms with van der Waals surface area (Å²) < 4.78 is 10.2. The Bertz CT molecular complexity index is 86.1. The van der Waals surface area contributed by atoms with Crippen molar-refractivity contribution in [3.05, 3.63) is 0 Å². The predicted octanol–water partition coefficient (Wildman–Crippen LogP) is 0.458. The smallest absolute Gasteiger partial charge is 0.330 e. The van der Waals surface area contributed by atoms with Crippen molar-refractivity contribution in [1.29, 1.82) is 0 Å². The van der Waals surface area contributed by atoms with E-state index in [1.165, 1.54) is 0 Å². The molecule has 8 heavy (non-hydrogen) atoms. The van der Waals surface area contributed by atoms with E-state index in [4.69, 9.17) is 10.6 Å². The number of rotatable bonds is 3. The van der Waals surface area contributed by atoms with E-state index in [1.54, 1.807) is 6.92 Å². The summed E-state index contributed by atoms with van der Waals surface area (Å²) in [6.07, 6.45) is 0.631. The van der Waals surface area contributed by atoms with Gasteiger partial charge in [-0.25, -0.2) is 0 Å². The summed E-state index contributed by atoms with van der Waals surface area (Å²) in [4.78, 5) is 8.41. The van der Waals surface area contributed by atoms with Gasteiger partial charge in [-0.1, -0.05) is 0 Å². The zero-order valence-corrected chi connectivity index (χ0v) is 5.77. The van der Waals surface area contributed by atoms with Gasteiger partial charge in [-0.3, -0.25) is 0 Å². The normalized spacial score (nSPS) is 15.6. The summed E-state index contributed by atoms with van der Waals surface area (Å²) in [5.41, 5.74) is 4.98. The molecular formula is C4H11NO2P+. The molecule has 0 saturated carbocycles. The van der Waals surface area contributed by atoms with Crippen LogP contribution in [0.5, 0.6) is 0 Å². The highest BCUT2D eigenvalue weighted by Gasteiger charge is 2.20. The molecule has 0 aliphatic heterocycles. The van der Waals surface area contributed by atoms with Crippen molar-refractivity contribution in [1.82, 2.24) is 0 Å². The van der Waals surface area contributed by atoms with Crippen LogP contribution in [-0.4, -0.2) is 17.1 Å². The Morgan fingerprint density at radius 1 is 1.88 bits per heavy atom. The fraction of sp³-hybridized carbons (Fsp3) is 1.00. The second-order valence-electron chi connectivity index (χ2n) is 1.73. The second kappa shape index (κ2) is 3.96. The molecule has 0 heterocycles. The van der Waals surface area contributed by atoms with Crippen LogP contribution in [0.1, 0.15) is 13.3 Å². The van der Waals surface area contributed by atoms with Crippen molar-refractivity contribution in [3.63, 3.8) is 0 Å². The van der Waals surface area contributed by atoms with Crippen molar-refractivity contribution in [2.45, 2.75) is 19.0 Å². The molecule has 3 N–H and O–H groups in total. The van der Waals surface area contributed by atoms with Crippen LogP contribution in [0, 0.1) is 0 Å². The summed E-state index contributed by atoms with van der Waals surface area (Å²) in [5.74, 6) is 0. The third-order valence-corrected chi connectivity index (χ3v) is 1.97. The Labute approximate surface area is 49.8 Å². The molecule has 0 radical (unpaired) electrons. The molecule has 0 bridgehead atoms. The molecule has 0 rings (SSSR count). The van der Waals surface area contributed by atoms with Gasteiger partial charge in [0, 0.05) is 6.42 Å². The average Bonchev–Trinajstić information content (AvgIpc) is 1.67. The SMILES string of the molecule is CC(CCN)[P+](=O)O. The number of hydrogen-bond donors (Lipinski definition) is 2. The number of nitrogens with two attached hydrogens (primary N) is 1. The molecule has 0 aliphatic carbocycles. The largest absolute Gasteiger partial charge is 0.508 e. The molecule has 0 amide bonds. The Morgan fingerprint density at radius 3 is 2.50 bits per heavy atom. The number of hydrogen-bond acceptors (Lipinski definition) is 2. The van der Waals surface area contributed by atoms with Gasteiger partial charge in [0.1, 0.15) is 0 Å². The highest BCUT2D eigenvalue weighted by atomic mass is 31.1. The van der Waals surface area contributed by atoms with E-state index in [9.17, 15) is 4.57 Å². The monoisotopic (exact) mass is 136 g/mol. The van der Waals surface area contributed by atoms with Crippen molar-refractivity contribution < 1.29 is 9.46 Å². The van der Waals surface area contributed by atoms with Crippen molar-refractivity contribution in [3.8, 4) is 0 Å². The minimum absolute atomic E-state index is 0.144. The highest BCUT2D eigenvalue weighted by Crippen LogP contribution is 2.23. The van der Waals surface area contributed by atoms with Crippen LogP contribution in [0.25, 0.3) is 0 Å². The molecule has 2 atom stereocenters. The molecule has 0 aliphatic rings. The topological polar surface area (TPSA) is 63.3 Å². The molecule has 0 fully saturated rings. The molecule has 0 aromatic rings. The molecule has 0 aromatic heterocycles. The lowest BCUT2D eigenvalue weighted by atomic mass is 10.3. The third-order valence-electron chi connectivity index (χ3n) is 0.962. The van der Waals surface area contributed by atoms with Gasteiger partial charge in [-0.15, -0.1) is 0 Å². The third kappa shape index (κ3) is 3.08. The first-order chi connectivity index (χ1) is 3.68. The Balaban J connectivity index is 3.32. The fourth-order valence-corrected chi connectivity index (χ4v) is 0.722. The molecule has 48 valence electrons. The van der Waals surface area contributed by atoms with Crippen molar-refractivity contribution in [2.75, 3.05) is 6.54 Å². The lowest BCUT2D eigenvalue weighted by molar-refractivity contribution is 0.488. The maximum Gasteiger partial charge on any atom is 0.508 e. The van der Waals surface area contributed by atoms with Gasteiger partial charge in [0.15, 0.2) is 5.66 Å². The molecule has 0 spiro atoms. The van der Waals surface area contributed by atoms with E-state index in [1.807, 2.05) is 0 Å². The summed E-state index contributed by atoms with van der Waals surface area (Å²) in [6.45, 7) is 2.20. The lowest BCUT2D eigenvalue weighted by Crippen LogP contribution is -2.06. The Hall–Kier alpha value is 0.0200. The Morgan fingerprint density at radius 2 is 2.38 bits per heavy atom. The lowest BCUT2D eigenvalue weighted by Gasteiger charge is -1.89. The van der Waals surface area contributed by atoms with Crippen LogP contribution in [-0.2, 0) is 4.57 Å². The van der Waals surface area contributed by atoms with Gasteiger partial charge in [-0.05, 0) is 18.0 Å². The van der Waals surface area contributed by atoms with Gasteiger partial charge in [-0.2, -0.15) is 4.89 Å². The van der Waals surface area contributed by atoms with Crippen molar-refractivity contribution >= 4 is 8.03 Å². The molecule has 3 nitrogen and oxygen atoms in total. The average molecular weight is 136 g/mol. The van der Waals surface area contributed by atoms with Gasteiger partial charge in [0.2, 0.25) is 0 Å². The first-order valence-corrected chi connectivity index (χ1v) is 3.82. The maximum absolute atomic E-state index is 10.2. The highest BCUT2D eigenvalue weighted by molar-refractivity contribution is 7.38. The zero-order valence-electron chi connectivity index (χ0n) is 4.87. The van der Waals surface area contributed by atoms with E-state index in [0.717, 1.165) is 0 Å². The second-order valence-corrected chi connectivity index (χ2v) is 3.22. The van der Waals surface area contributed by atoms with E-state index in [-0.39, 0.29) is 5.66 Å². The van der Waals surface area contributed by atoms with Crippen LogP contribution in [0.3, 0.4) is 0 Å². The summed E-state index contributed by atoms with van der Waals surface area (Å²) in [6, 6.07) is 0.